The average Bonchev–Trinajstić information content (AvgIpc) is 1.60. The molecular weight excluding hydrogens is 146 g/mol. The van der Waals surface area contributed by atoms with E-state index >= 15 is 0 Å². The molecule has 0 aliphatic heterocycles. The summed E-state index contributed by atoms with van der Waals surface area (Å²) >= 11 is 0. The number of hydrogen-bond acceptors (Lipinski definition) is 2. The predicted molar refractivity (Wildman–Crippen MR) is 28.9 cm³/mol. The Balaban J connectivity index is 3.85. The van der Waals surface area contributed by atoms with Gasteiger partial charge in [0.1, 0.15) is 6.10 Å². The second-order valence-electron chi connectivity index (χ2n) is 2.07. The van der Waals surface area contributed by atoms with E-state index < -0.39 is 24.4 Å². The lowest BCUT2D eigenvalue weighted by Gasteiger charge is -2.15. The van der Waals surface area contributed by atoms with Crippen LogP contribution in [0.3, 0.4) is 0 Å². The maximum absolute atomic E-state index is 12.0. The number of halogens is 2. The molecule has 0 aliphatic rings. The number of alkyl halides is 2. The van der Waals surface area contributed by atoms with E-state index in [4.69, 9.17) is 10.2 Å². The maximum Gasteiger partial charge on any atom is 0.306 e. The van der Waals surface area contributed by atoms with E-state index in [0.29, 0.717) is 6.92 Å². The number of aliphatic hydroxyl groups is 1. The van der Waals surface area contributed by atoms with E-state index in [1.54, 1.807) is 0 Å². The third-order valence-electron chi connectivity index (χ3n) is 0.953. The van der Waals surface area contributed by atoms with E-state index in [9.17, 15) is 13.6 Å². The van der Waals surface area contributed by atoms with Crippen molar-refractivity contribution in [2.24, 2.45) is 0 Å². The Hall–Kier alpha value is -0.710. The van der Waals surface area contributed by atoms with Crippen molar-refractivity contribution in [2.45, 2.75) is 25.4 Å². The van der Waals surface area contributed by atoms with Crippen molar-refractivity contribution in [3.05, 3.63) is 0 Å². The van der Waals surface area contributed by atoms with E-state index in [1.807, 2.05) is 0 Å². The highest BCUT2D eigenvalue weighted by atomic mass is 19.3. The first-order valence-electron chi connectivity index (χ1n) is 2.61. The zero-order valence-corrected chi connectivity index (χ0v) is 5.34. The van der Waals surface area contributed by atoms with Crippen LogP contribution in [0.2, 0.25) is 0 Å². The molecule has 0 aliphatic carbocycles. The molecule has 0 heterocycles. The highest BCUT2D eigenvalue weighted by Crippen LogP contribution is 2.19. The molecule has 0 spiro atoms. The van der Waals surface area contributed by atoms with Gasteiger partial charge in [0.05, 0.1) is 6.42 Å². The summed E-state index contributed by atoms with van der Waals surface area (Å²) in [6.07, 6.45) is -3.02. The molecule has 0 rings (SSSR count). The standard InChI is InChI=1S/C5H8F2O3/c1-5(6,7)3(8)2-4(9)10/h3,8H,2H2,1H3,(H,9,10)/t3-/m1/s1. The van der Waals surface area contributed by atoms with Crippen LogP contribution in [0.25, 0.3) is 0 Å². The van der Waals surface area contributed by atoms with Gasteiger partial charge in [-0.1, -0.05) is 0 Å². The summed E-state index contributed by atoms with van der Waals surface area (Å²) in [7, 11) is 0. The molecule has 0 amide bonds. The van der Waals surface area contributed by atoms with E-state index in [1.165, 1.54) is 0 Å². The Morgan fingerprint density at radius 1 is 1.70 bits per heavy atom. The summed E-state index contributed by atoms with van der Waals surface area (Å²) < 4.78 is 23.9. The zero-order chi connectivity index (χ0) is 8.36. The van der Waals surface area contributed by atoms with Crippen LogP contribution >= 0.6 is 0 Å². The molecule has 2 N–H and O–H groups in total. The van der Waals surface area contributed by atoms with Crippen molar-refractivity contribution in [1.82, 2.24) is 0 Å². The van der Waals surface area contributed by atoms with Crippen LogP contribution in [-0.4, -0.2) is 28.2 Å². The molecule has 0 aromatic carbocycles. The average molecular weight is 154 g/mol. The van der Waals surface area contributed by atoms with Crippen LogP contribution in [-0.2, 0) is 4.79 Å². The van der Waals surface area contributed by atoms with Gasteiger partial charge in [-0.15, -0.1) is 0 Å². The molecule has 0 fully saturated rings. The van der Waals surface area contributed by atoms with Gasteiger partial charge in [0.15, 0.2) is 0 Å². The van der Waals surface area contributed by atoms with Gasteiger partial charge in [0, 0.05) is 6.92 Å². The van der Waals surface area contributed by atoms with E-state index in [0.717, 1.165) is 0 Å². The molecule has 1 atom stereocenters. The van der Waals surface area contributed by atoms with Gasteiger partial charge in [-0.2, -0.15) is 0 Å². The summed E-state index contributed by atoms with van der Waals surface area (Å²) in [5.74, 6) is -4.77. The summed E-state index contributed by atoms with van der Waals surface area (Å²) in [6, 6.07) is 0. The number of aliphatic carboxylic acids is 1. The summed E-state index contributed by atoms with van der Waals surface area (Å²) in [5.41, 5.74) is 0. The van der Waals surface area contributed by atoms with Crippen molar-refractivity contribution in [2.75, 3.05) is 0 Å². The number of rotatable bonds is 3. The second kappa shape index (κ2) is 2.92. The van der Waals surface area contributed by atoms with Gasteiger partial charge in [-0.3, -0.25) is 4.79 Å². The second-order valence-corrected chi connectivity index (χ2v) is 2.07. The molecule has 0 bridgehead atoms. The van der Waals surface area contributed by atoms with E-state index in [2.05, 4.69) is 0 Å². The Kier molecular flexibility index (Phi) is 2.71. The molecule has 10 heavy (non-hydrogen) atoms. The zero-order valence-electron chi connectivity index (χ0n) is 5.34. The Morgan fingerprint density at radius 3 is 2.20 bits per heavy atom. The number of carboxylic acid groups (broad SMARTS) is 1. The number of carboxylic acids is 1. The van der Waals surface area contributed by atoms with Gasteiger partial charge >= 0.3 is 5.97 Å². The minimum absolute atomic E-state index is 0.473. The van der Waals surface area contributed by atoms with Crippen molar-refractivity contribution in [3.63, 3.8) is 0 Å². The first-order chi connectivity index (χ1) is 4.34. The number of hydrogen-bond donors (Lipinski definition) is 2. The Bertz CT molecular complexity index is 129. The molecule has 5 heteroatoms. The Morgan fingerprint density at radius 2 is 2.10 bits per heavy atom. The topological polar surface area (TPSA) is 57.5 Å². The fraction of sp³-hybridized carbons (Fsp3) is 0.800. The van der Waals surface area contributed by atoms with Gasteiger partial charge in [0.2, 0.25) is 0 Å². The first-order valence-corrected chi connectivity index (χ1v) is 2.61. The van der Waals surface area contributed by atoms with Gasteiger partial charge < -0.3 is 10.2 Å². The molecule has 0 aromatic heterocycles. The predicted octanol–water partition coefficient (Wildman–Crippen LogP) is 0.477. The van der Waals surface area contributed by atoms with Crippen LogP contribution in [0.4, 0.5) is 8.78 Å². The third kappa shape index (κ3) is 3.34. The molecule has 3 nitrogen and oxygen atoms in total. The quantitative estimate of drug-likeness (QED) is 0.621. The highest BCUT2D eigenvalue weighted by molar-refractivity contribution is 5.67. The molecule has 0 saturated heterocycles. The molecule has 0 aromatic rings. The van der Waals surface area contributed by atoms with Crippen LogP contribution in [0.1, 0.15) is 13.3 Å². The molecule has 60 valence electrons. The Labute approximate surface area is 56.3 Å². The monoisotopic (exact) mass is 154 g/mol. The lowest BCUT2D eigenvalue weighted by Crippen LogP contribution is -2.31. The fourth-order valence-corrected chi connectivity index (χ4v) is 0.345. The minimum atomic E-state index is -3.33. The highest BCUT2D eigenvalue weighted by Gasteiger charge is 2.33. The lowest BCUT2D eigenvalue weighted by atomic mass is 10.1. The van der Waals surface area contributed by atoms with Gasteiger partial charge in [-0.25, -0.2) is 8.78 Å². The fourth-order valence-electron chi connectivity index (χ4n) is 0.345. The van der Waals surface area contributed by atoms with Gasteiger partial charge in [-0.05, 0) is 0 Å². The smallest absolute Gasteiger partial charge is 0.306 e. The number of carbonyl (C=O) groups is 1. The van der Waals surface area contributed by atoms with Crippen LogP contribution < -0.4 is 0 Å². The third-order valence-corrected chi connectivity index (χ3v) is 0.953. The molecule has 0 radical (unpaired) electrons. The minimum Gasteiger partial charge on any atom is -0.481 e. The largest absolute Gasteiger partial charge is 0.481 e. The summed E-state index contributed by atoms with van der Waals surface area (Å²) in [5, 5.41) is 16.4. The summed E-state index contributed by atoms with van der Waals surface area (Å²) in [4.78, 5) is 9.76. The van der Waals surface area contributed by atoms with Crippen molar-refractivity contribution < 1.29 is 23.8 Å². The van der Waals surface area contributed by atoms with E-state index in [-0.39, 0.29) is 0 Å². The van der Waals surface area contributed by atoms with Crippen molar-refractivity contribution in [1.29, 1.82) is 0 Å². The molecular formula is C5H8F2O3. The normalized spacial score (nSPS) is 14.8. The first kappa shape index (κ1) is 9.29. The van der Waals surface area contributed by atoms with Gasteiger partial charge in [0.25, 0.3) is 5.92 Å². The summed E-state index contributed by atoms with van der Waals surface area (Å²) in [6.45, 7) is 0.473. The van der Waals surface area contributed by atoms with Crippen LogP contribution in [0.15, 0.2) is 0 Å². The maximum atomic E-state index is 12.0. The molecule has 0 saturated carbocycles. The van der Waals surface area contributed by atoms with Crippen molar-refractivity contribution in [3.8, 4) is 0 Å². The van der Waals surface area contributed by atoms with Crippen LogP contribution in [0, 0.1) is 0 Å². The SMILES string of the molecule is CC(F)(F)[C@H](O)CC(=O)O. The van der Waals surface area contributed by atoms with Crippen molar-refractivity contribution >= 4 is 5.97 Å². The lowest BCUT2D eigenvalue weighted by molar-refractivity contribution is -0.148. The number of aliphatic hydroxyl groups excluding tert-OH is 1. The molecule has 0 unspecified atom stereocenters. The van der Waals surface area contributed by atoms with Crippen LogP contribution in [0.5, 0.6) is 0 Å².